The van der Waals surface area contributed by atoms with E-state index in [1.165, 1.54) is 0 Å². The normalized spacial score (nSPS) is 21.2. The second-order valence-electron chi connectivity index (χ2n) is 7.15. The van der Waals surface area contributed by atoms with Crippen molar-refractivity contribution in [1.82, 2.24) is 0 Å². The molecule has 0 unspecified atom stereocenters. The third kappa shape index (κ3) is 5.64. The molecule has 0 saturated carbocycles. The Morgan fingerprint density at radius 3 is 1.90 bits per heavy atom. The van der Waals surface area contributed by atoms with Crippen LogP contribution in [-0.2, 0) is 27.4 Å². The molecule has 0 fully saturated rings. The highest BCUT2D eigenvalue weighted by molar-refractivity contribution is 5.23. The molecule has 4 rings (SSSR count). The Labute approximate surface area is 172 Å². The van der Waals surface area contributed by atoms with E-state index in [0.29, 0.717) is 19.8 Å². The van der Waals surface area contributed by atoms with Gasteiger partial charge in [-0.15, -0.1) is 0 Å². The Hall–Kier alpha value is -2.72. The van der Waals surface area contributed by atoms with E-state index in [-0.39, 0.29) is 18.3 Å². The third-order valence-electron chi connectivity index (χ3n) is 4.97. The number of hydrogen-bond donors (Lipinski definition) is 0. The van der Waals surface area contributed by atoms with Crippen LogP contribution in [0.3, 0.4) is 0 Å². The van der Waals surface area contributed by atoms with Gasteiger partial charge in [0, 0.05) is 0 Å². The van der Waals surface area contributed by atoms with Gasteiger partial charge < -0.3 is 14.2 Å². The fourth-order valence-corrected chi connectivity index (χ4v) is 3.41. The van der Waals surface area contributed by atoms with Crippen molar-refractivity contribution < 1.29 is 14.2 Å². The minimum Gasteiger partial charge on any atom is -0.374 e. The van der Waals surface area contributed by atoms with Gasteiger partial charge in [0.1, 0.15) is 18.3 Å². The summed E-state index contributed by atoms with van der Waals surface area (Å²) in [5.74, 6) is 0. The Bertz CT molecular complexity index is 878. The number of hydrogen-bond acceptors (Lipinski definition) is 3. The molecule has 3 aromatic carbocycles. The van der Waals surface area contributed by atoms with Crippen LogP contribution in [0.15, 0.2) is 103 Å². The second-order valence-corrected chi connectivity index (χ2v) is 7.15. The number of benzene rings is 3. The van der Waals surface area contributed by atoms with Gasteiger partial charge in [0.25, 0.3) is 0 Å². The summed E-state index contributed by atoms with van der Waals surface area (Å²) in [5, 5.41) is 0. The van der Waals surface area contributed by atoms with Gasteiger partial charge in [0.05, 0.1) is 19.8 Å². The molecule has 0 saturated heterocycles. The highest BCUT2D eigenvalue weighted by Gasteiger charge is 2.29. The van der Waals surface area contributed by atoms with Crippen molar-refractivity contribution in [2.75, 3.05) is 6.61 Å². The van der Waals surface area contributed by atoms with Crippen molar-refractivity contribution >= 4 is 0 Å². The Kier molecular flexibility index (Phi) is 6.87. The van der Waals surface area contributed by atoms with Crippen LogP contribution in [-0.4, -0.2) is 18.8 Å². The Morgan fingerprint density at radius 1 is 0.655 bits per heavy atom. The lowest BCUT2D eigenvalue weighted by Crippen LogP contribution is -2.38. The van der Waals surface area contributed by atoms with E-state index in [1.807, 2.05) is 54.6 Å². The molecule has 1 aliphatic heterocycles. The zero-order valence-corrected chi connectivity index (χ0v) is 16.4. The van der Waals surface area contributed by atoms with Gasteiger partial charge in [-0.1, -0.05) is 103 Å². The van der Waals surface area contributed by atoms with Crippen molar-refractivity contribution in [3.63, 3.8) is 0 Å². The molecule has 3 atom stereocenters. The van der Waals surface area contributed by atoms with Crippen molar-refractivity contribution in [3.8, 4) is 0 Å². The molecule has 0 aliphatic carbocycles. The van der Waals surface area contributed by atoms with Gasteiger partial charge in [-0.05, 0) is 16.7 Å². The van der Waals surface area contributed by atoms with Crippen LogP contribution >= 0.6 is 0 Å². The summed E-state index contributed by atoms with van der Waals surface area (Å²) >= 11 is 0. The average Bonchev–Trinajstić information content (AvgIpc) is 2.80. The first-order valence-electron chi connectivity index (χ1n) is 10.0. The van der Waals surface area contributed by atoms with Gasteiger partial charge in [-0.2, -0.15) is 0 Å². The van der Waals surface area contributed by atoms with Crippen LogP contribution in [0.25, 0.3) is 0 Å². The molecular formula is C26H26O3. The molecule has 3 nitrogen and oxygen atoms in total. The lowest BCUT2D eigenvalue weighted by atomic mass is 10.0. The third-order valence-corrected chi connectivity index (χ3v) is 4.97. The molecule has 0 amide bonds. The van der Waals surface area contributed by atoms with Crippen molar-refractivity contribution in [3.05, 3.63) is 120 Å². The molecule has 1 heterocycles. The maximum Gasteiger partial charge on any atom is 0.112 e. The summed E-state index contributed by atoms with van der Waals surface area (Å²) < 4.78 is 18.5. The SMILES string of the molecule is C1=C[C@H](c2ccccc2)O[C@H](COCc2ccccc2)[C@H]1OCc1ccccc1. The summed E-state index contributed by atoms with van der Waals surface area (Å²) in [7, 11) is 0. The standard InChI is InChI=1S/C26H26O3/c1-4-10-21(11-5-1)18-27-20-26-25(28-19-22-12-6-2-7-13-22)17-16-24(29-26)23-14-8-3-9-15-23/h1-17,24-26H,18-20H2/t24-,25+,26-/m1/s1. The minimum atomic E-state index is -0.169. The number of rotatable bonds is 8. The summed E-state index contributed by atoms with van der Waals surface area (Å²) in [6, 6.07) is 30.6. The van der Waals surface area contributed by atoms with Crippen LogP contribution in [0.2, 0.25) is 0 Å². The highest BCUT2D eigenvalue weighted by Crippen LogP contribution is 2.28. The van der Waals surface area contributed by atoms with Crippen molar-refractivity contribution in [2.24, 2.45) is 0 Å². The Morgan fingerprint density at radius 2 is 1.24 bits per heavy atom. The van der Waals surface area contributed by atoms with Gasteiger partial charge in [-0.25, -0.2) is 0 Å². The van der Waals surface area contributed by atoms with E-state index >= 15 is 0 Å². The van der Waals surface area contributed by atoms with E-state index in [0.717, 1.165) is 16.7 Å². The summed E-state index contributed by atoms with van der Waals surface area (Å²) in [4.78, 5) is 0. The fraction of sp³-hybridized carbons (Fsp3) is 0.231. The van der Waals surface area contributed by atoms with Crippen LogP contribution in [0.1, 0.15) is 22.8 Å². The van der Waals surface area contributed by atoms with E-state index in [4.69, 9.17) is 14.2 Å². The lowest BCUT2D eigenvalue weighted by Gasteiger charge is -2.32. The molecule has 0 N–H and O–H groups in total. The van der Waals surface area contributed by atoms with Crippen LogP contribution < -0.4 is 0 Å². The van der Waals surface area contributed by atoms with E-state index in [1.54, 1.807) is 0 Å². The predicted octanol–water partition coefficient (Wildman–Crippen LogP) is 5.48. The van der Waals surface area contributed by atoms with Gasteiger partial charge >= 0.3 is 0 Å². The molecule has 0 bridgehead atoms. The predicted molar refractivity (Wildman–Crippen MR) is 114 cm³/mol. The van der Waals surface area contributed by atoms with Crippen molar-refractivity contribution in [1.29, 1.82) is 0 Å². The zero-order valence-electron chi connectivity index (χ0n) is 16.4. The van der Waals surface area contributed by atoms with E-state index in [2.05, 4.69) is 48.6 Å². The van der Waals surface area contributed by atoms with Crippen LogP contribution in [0.4, 0.5) is 0 Å². The number of ether oxygens (including phenoxy) is 3. The maximum absolute atomic E-state index is 6.37. The van der Waals surface area contributed by atoms with Gasteiger partial charge in [0.2, 0.25) is 0 Å². The molecule has 0 aromatic heterocycles. The molecule has 0 spiro atoms. The topological polar surface area (TPSA) is 27.7 Å². The molecule has 3 aromatic rings. The minimum absolute atomic E-state index is 0.0851. The fourth-order valence-electron chi connectivity index (χ4n) is 3.41. The van der Waals surface area contributed by atoms with E-state index < -0.39 is 0 Å². The summed E-state index contributed by atoms with van der Waals surface area (Å²) in [6.45, 7) is 1.58. The summed E-state index contributed by atoms with van der Waals surface area (Å²) in [6.07, 6.45) is 3.79. The molecular weight excluding hydrogens is 360 g/mol. The molecule has 29 heavy (non-hydrogen) atoms. The smallest absolute Gasteiger partial charge is 0.112 e. The summed E-state index contributed by atoms with van der Waals surface area (Å²) in [5.41, 5.74) is 3.44. The molecule has 148 valence electrons. The quantitative estimate of drug-likeness (QED) is 0.480. The Balaban J connectivity index is 1.41. The highest BCUT2D eigenvalue weighted by atomic mass is 16.6. The first kappa shape index (κ1) is 19.6. The van der Waals surface area contributed by atoms with Gasteiger partial charge in [0.15, 0.2) is 0 Å². The first-order chi connectivity index (χ1) is 14.4. The lowest BCUT2D eigenvalue weighted by molar-refractivity contribution is -0.120. The second kappa shape index (κ2) is 10.2. The maximum atomic E-state index is 6.37. The van der Waals surface area contributed by atoms with Gasteiger partial charge in [-0.3, -0.25) is 0 Å². The average molecular weight is 386 g/mol. The largest absolute Gasteiger partial charge is 0.374 e. The molecule has 0 radical (unpaired) electrons. The van der Waals surface area contributed by atoms with Crippen molar-refractivity contribution in [2.45, 2.75) is 31.5 Å². The monoisotopic (exact) mass is 386 g/mol. The first-order valence-corrected chi connectivity index (χ1v) is 10.0. The molecule has 1 aliphatic rings. The van der Waals surface area contributed by atoms with Crippen LogP contribution in [0, 0.1) is 0 Å². The molecule has 3 heteroatoms. The zero-order chi connectivity index (χ0) is 19.7. The van der Waals surface area contributed by atoms with E-state index in [9.17, 15) is 0 Å². The van der Waals surface area contributed by atoms with Crippen LogP contribution in [0.5, 0.6) is 0 Å².